The van der Waals surface area contributed by atoms with Gasteiger partial charge < -0.3 is 14.4 Å². The maximum absolute atomic E-state index is 16.3. The number of hydrogen-bond acceptors (Lipinski definition) is 6. The van der Waals surface area contributed by atoms with Gasteiger partial charge in [-0.3, -0.25) is 19.3 Å². The highest BCUT2D eigenvalue weighted by molar-refractivity contribution is 7.98. The van der Waals surface area contributed by atoms with Crippen molar-refractivity contribution < 1.29 is 18.7 Å². The van der Waals surface area contributed by atoms with Gasteiger partial charge in [0.05, 0.1) is 11.7 Å². The summed E-state index contributed by atoms with van der Waals surface area (Å²) in [7, 11) is 0. The molecule has 1 aromatic heterocycles. The summed E-state index contributed by atoms with van der Waals surface area (Å²) in [5, 5.41) is 2.17. The molecule has 0 N–H and O–H groups in total. The molecule has 5 aliphatic heterocycles. The number of amides is 1. The number of carbonyl (C=O) groups is 1. The number of halogens is 1. The normalized spacial score (nSPS) is 27.6. The van der Waals surface area contributed by atoms with Crippen LogP contribution in [0.3, 0.4) is 0 Å². The van der Waals surface area contributed by atoms with Gasteiger partial charge >= 0.3 is 0 Å². The van der Waals surface area contributed by atoms with E-state index in [0.29, 0.717) is 17.9 Å². The summed E-state index contributed by atoms with van der Waals surface area (Å²) in [6.07, 6.45) is 5.00. The van der Waals surface area contributed by atoms with Gasteiger partial charge in [-0.15, -0.1) is 11.8 Å². The van der Waals surface area contributed by atoms with Crippen molar-refractivity contribution in [2.75, 3.05) is 11.6 Å². The molecule has 9 rings (SSSR count). The van der Waals surface area contributed by atoms with E-state index in [4.69, 9.17) is 9.47 Å². The Kier molecular flexibility index (Phi) is 6.19. The Bertz CT molecular complexity index is 1900. The minimum absolute atomic E-state index is 0.0179. The van der Waals surface area contributed by atoms with Gasteiger partial charge in [0.2, 0.25) is 5.43 Å². The fourth-order valence-corrected chi connectivity index (χ4v) is 9.59. The number of fused-ring (bicyclic) bond motifs is 6. The highest BCUT2D eigenvalue weighted by Crippen LogP contribution is 2.57. The Hall–Kier alpha value is -4.08. The van der Waals surface area contributed by atoms with E-state index in [0.717, 1.165) is 47.3 Å². The SMILES string of the molecule is O=C1c2c(OCc3ccccc3)c(=O)ccn2N(C2c3ccccc3SCc3cccc(F)c32)[C@@H]2[C@H]3C[C@@H]4CC[C@@]3(CCN12)O4. The lowest BCUT2D eigenvalue weighted by Crippen LogP contribution is -2.70. The smallest absolute Gasteiger partial charge is 0.278 e. The Balaban J connectivity index is 1.29. The molecule has 0 saturated carbocycles. The van der Waals surface area contributed by atoms with Gasteiger partial charge in [0.25, 0.3) is 5.91 Å². The van der Waals surface area contributed by atoms with Gasteiger partial charge in [-0.25, -0.2) is 4.39 Å². The minimum Gasteiger partial charge on any atom is -0.482 e. The molecule has 0 aliphatic carbocycles. The summed E-state index contributed by atoms with van der Waals surface area (Å²) in [5.74, 6) is 0.164. The molecular formula is C36H32FN3O4S. The predicted octanol–water partition coefficient (Wildman–Crippen LogP) is 6.02. The zero-order chi connectivity index (χ0) is 30.3. The minimum atomic E-state index is -0.564. The number of hydrogen-bond donors (Lipinski definition) is 0. The van der Waals surface area contributed by atoms with Crippen molar-refractivity contribution in [2.45, 2.75) is 66.9 Å². The number of pyridine rings is 1. The molecule has 0 radical (unpaired) electrons. The van der Waals surface area contributed by atoms with Crippen LogP contribution in [-0.2, 0) is 17.1 Å². The highest BCUT2D eigenvalue weighted by Gasteiger charge is 2.63. The second-order valence-electron chi connectivity index (χ2n) is 12.7. The van der Waals surface area contributed by atoms with Gasteiger partial charge in [0.1, 0.15) is 24.6 Å². The van der Waals surface area contributed by atoms with Crippen LogP contribution in [0, 0.1) is 11.7 Å². The lowest BCUT2D eigenvalue weighted by molar-refractivity contribution is -0.0757. The van der Waals surface area contributed by atoms with Crippen molar-refractivity contribution in [3.05, 3.63) is 129 Å². The quantitative estimate of drug-likeness (QED) is 0.278. The van der Waals surface area contributed by atoms with E-state index in [1.165, 1.54) is 12.1 Å². The third kappa shape index (κ3) is 4.06. The van der Waals surface area contributed by atoms with E-state index >= 15 is 4.39 Å². The van der Waals surface area contributed by atoms with Crippen molar-refractivity contribution in [3.8, 4) is 5.75 Å². The molecule has 1 amide bonds. The van der Waals surface area contributed by atoms with E-state index in [-0.39, 0.29) is 52.8 Å². The number of carbonyl (C=O) groups excluding carboxylic acids is 1. The molecule has 3 fully saturated rings. The van der Waals surface area contributed by atoms with E-state index in [2.05, 4.69) is 17.1 Å². The van der Waals surface area contributed by atoms with Crippen molar-refractivity contribution in [1.29, 1.82) is 0 Å². The lowest BCUT2D eigenvalue weighted by atomic mass is 9.71. The van der Waals surface area contributed by atoms with Crippen molar-refractivity contribution in [1.82, 2.24) is 9.58 Å². The van der Waals surface area contributed by atoms with Crippen LogP contribution < -0.4 is 15.2 Å². The molecular weight excluding hydrogens is 589 g/mol. The largest absolute Gasteiger partial charge is 0.482 e. The fraction of sp³-hybridized carbons (Fsp3) is 0.333. The standard InChI is InChI=1S/C36H32FN3O4S/c37-27-11-6-9-23-21-45-29-12-5-4-10-25(29)31(30(23)27)40-34-26-19-24-13-15-36(26,44-24)16-18-38(34)35(42)32-33(28(41)14-17-39(32)40)43-20-22-7-2-1-3-8-22/h1-12,14,17,24,26,31,34H,13,15-16,18-21H2/t24-,26+,31?,34+,36-/m0/s1. The van der Waals surface area contributed by atoms with Gasteiger partial charge in [0.15, 0.2) is 11.4 Å². The molecule has 4 aromatic rings. The van der Waals surface area contributed by atoms with Crippen molar-refractivity contribution in [2.24, 2.45) is 5.92 Å². The summed E-state index contributed by atoms with van der Waals surface area (Å²) in [6, 6.07) is 24.0. The Morgan fingerprint density at radius 2 is 1.82 bits per heavy atom. The molecule has 3 aromatic carbocycles. The molecule has 2 bridgehead atoms. The third-order valence-corrected chi connectivity index (χ3v) is 11.6. The molecule has 3 saturated heterocycles. The number of piperidine rings is 1. The maximum atomic E-state index is 16.3. The van der Waals surface area contributed by atoms with Crippen LogP contribution in [0.25, 0.3) is 0 Å². The van der Waals surface area contributed by atoms with E-state index in [1.54, 1.807) is 24.0 Å². The van der Waals surface area contributed by atoms with Gasteiger partial charge in [-0.05, 0) is 54.5 Å². The first-order chi connectivity index (χ1) is 22.0. The van der Waals surface area contributed by atoms with Gasteiger partial charge in [-0.2, -0.15) is 0 Å². The van der Waals surface area contributed by atoms with Crippen molar-refractivity contribution in [3.63, 3.8) is 0 Å². The highest BCUT2D eigenvalue weighted by atomic mass is 32.2. The molecule has 45 heavy (non-hydrogen) atoms. The molecule has 6 heterocycles. The zero-order valence-electron chi connectivity index (χ0n) is 24.6. The van der Waals surface area contributed by atoms with Crippen LogP contribution in [0.1, 0.15) is 64.5 Å². The van der Waals surface area contributed by atoms with Crippen molar-refractivity contribution >= 4 is 17.7 Å². The summed E-state index contributed by atoms with van der Waals surface area (Å²) in [6.45, 7) is 0.628. The molecule has 5 aliphatic rings. The summed E-state index contributed by atoms with van der Waals surface area (Å²) >= 11 is 1.70. The van der Waals surface area contributed by atoms with E-state index < -0.39 is 12.2 Å². The van der Waals surface area contributed by atoms with Crippen LogP contribution in [0.4, 0.5) is 4.39 Å². The summed E-state index contributed by atoms with van der Waals surface area (Å²) in [5.41, 5.74) is 2.89. The second kappa shape index (κ2) is 10.2. The molecule has 1 unspecified atom stereocenters. The third-order valence-electron chi connectivity index (χ3n) is 10.5. The van der Waals surface area contributed by atoms with E-state index in [9.17, 15) is 9.59 Å². The van der Waals surface area contributed by atoms with Gasteiger partial charge in [-0.1, -0.05) is 60.7 Å². The Morgan fingerprint density at radius 1 is 0.978 bits per heavy atom. The fourth-order valence-electron chi connectivity index (χ4n) is 8.51. The average molecular weight is 622 g/mol. The Labute approximate surface area is 264 Å². The first-order valence-corrected chi connectivity index (χ1v) is 16.7. The second-order valence-corrected chi connectivity index (χ2v) is 13.8. The molecule has 228 valence electrons. The van der Waals surface area contributed by atoms with E-state index in [1.807, 2.05) is 58.1 Å². The Morgan fingerprint density at radius 3 is 2.69 bits per heavy atom. The van der Waals surface area contributed by atoms with Gasteiger partial charge in [0, 0.05) is 40.9 Å². The van der Waals surface area contributed by atoms with Crippen LogP contribution in [0.15, 0.2) is 94.7 Å². The molecule has 7 nitrogen and oxygen atoms in total. The summed E-state index contributed by atoms with van der Waals surface area (Å²) < 4.78 is 31.0. The molecule has 5 atom stereocenters. The van der Waals surface area contributed by atoms with Crippen LogP contribution in [0.5, 0.6) is 5.75 Å². The zero-order valence-corrected chi connectivity index (χ0v) is 25.4. The lowest BCUT2D eigenvalue weighted by Gasteiger charge is -2.57. The van der Waals surface area contributed by atoms with Crippen LogP contribution in [-0.4, -0.2) is 39.9 Å². The first-order valence-electron chi connectivity index (χ1n) is 15.7. The molecule has 1 spiro atoms. The number of benzene rings is 3. The summed E-state index contributed by atoms with van der Waals surface area (Å²) in [4.78, 5) is 31.1. The number of nitrogens with zero attached hydrogens (tertiary/aromatic N) is 3. The first kappa shape index (κ1) is 27.2. The predicted molar refractivity (Wildman–Crippen MR) is 168 cm³/mol. The maximum Gasteiger partial charge on any atom is 0.278 e. The van der Waals surface area contributed by atoms with Crippen LogP contribution >= 0.6 is 11.8 Å². The number of ether oxygens (including phenoxy) is 2. The number of aromatic nitrogens is 1. The average Bonchev–Trinajstić information content (AvgIpc) is 3.59. The molecule has 9 heteroatoms. The number of thioether (sulfide) groups is 1. The monoisotopic (exact) mass is 621 g/mol. The number of rotatable bonds is 4. The topological polar surface area (TPSA) is 64.0 Å². The van der Waals surface area contributed by atoms with Crippen LogP contribution in [0.2, 0.25) is 0 Å².